The van der Waals surface area contributed by atoms with E-state index in [0.29, 0.717) is 19.5 Å². The zero-order valence-corrected chi connectivity index (χ0v) is 19.8. The van der Waals surface area contributed by atoms with Crippen molar-refractivity contribution in [2.45, 2.75) is 30.9 Å². The Morgan fingerprint density at radius 3 is 2.37 bits per heavy atom. The Bertz CT molecular complexity index is 1390. The number of rotatable bonds is 4. The molecule has 0 saturated carbocycles. The first-order valence-corrected chi connectivity index (χ1v) is 12.3. The highest BCUT2D eigenvalue weighted by Crippen LogP contribution is 2.46. The number of nitrogens with zero attached hydrogens (tertiary/aromatic N) is 2. The Labute approximate surface area is 205 Å². The zero-order chi connectivity index (χ0) is 23.8. The molecular formula is C31H28N2O2. The Kier molecular flexibility index (Phi) is 5.46. The molecule has 4 heteroatoms. The standard InChI is InChI=1S/C31H28N2O2/c1-22(23-11-4-2-5-12-23)33-20-19-28(34)31(21-33)29(30(32-35-31)25-14-6-3-7-15-25)27-18-10-16-24-13-8-9-17-26(24)27/h2-18,22,29H,19-21H2,1H3/t22-,29-,31+/m1/s1. The summed E-state index contributed by atoms with van der Waals surface area (Å²) in [5, 5.41) is 6.92. The molecule has 1 spiro atoms. The van der Waals surface area contributed by atoms with E-state index < -0.39 is 5.60 Å². The number of oxime groups is 1. The summed E-state index contributed by atoms with van der Waals surface area (Å²) < 4.78 is 0. The van der Waals surface area contributed by atoms with E-state index in [1.807, 2.05) is 30.3 Å². The van der Waals surface area contributed by atoms with E-state index in [9.17, 15) is 4.79 Å². The molecule has 0 unspecified atom stereocenters. The predicted octanol–water partition coefficient (Wildman–Crippen LogP) is 6.13. The van der Waals surface area contributed by atoms with Crippen molar-refractivity contribution in [3.63, 3.8) is 0 Å². The van der Waals surface area contributed by atoms with Crippen LogP contribution in [0.25, 0.3) is 10.8 Å². The SMILES string of the molecule is C[C@H](c1ccccc1)N1CCC(=O)[C@]2(C1)ON=C(c1ccccc1)[C@H]2c1cccc2ccccc12. The van der Waals surface area contributed by atoms with Crippen LogP contribution in [0.15, 0.2) is 108 Å². The first-order chi connectivity index (χ1) is 17.2. The lowest BCUT2D eigenvalue weighted by Crippen LogP contribution is -2.58. The van der Waals surface area contributed by atoms with E-state index in [-0.39, 0.29) is 17.7 Å². The lowest BCUT2D eigenvalue weighted by Gasteiger charge is -2.43. The van der Waals surface area contributed by atoms with Gasteiger partial charge >= 0.3 is 0 Å². The number of fused-ring (bicyclic) bond motifs is 1. The molecule has 2 heterocycles. The third kappa shape index (κ3) is 3.65. The molecule has 3 atom stereocenters. The molecule has 174 valence electrons. The highest BCUT2D eigenvalue weighted by Gasteiger charge is 2.58. The molecule has 2 aliphatic heterocycles. The minimum absolute atomic E-state index is 0.127. The third-order valence-corrected chi connectivity index (χ3v) is 7.62. The van der Waals surface area contributed by atoms with E-state index in [1.165, 1.54) is 5.56 Å². The smallest absolute Gasteiger partial charge is 0.220 e. The lowest BCUT2D eigenvalue weighted by atomic mass is 9.71. The van der Waals surface area contributed by atoms with Gasteiger partial charge in [0.25, 0.3) is 0 Å². The molecule has 6 rings (SSSR count). The Balaban J connectivity index is 1.48. The van der Waals surface area contributed by atoms with Crippen LogP contribution in [0, 0.1) is 0 Å². The number of benzene rings is 4. The van der Waals surface area contributed by atoms with Gasteiger partial charge in [-0.05, 0) is 28.8 Å². The fraction of sp³-hybridized carbons (Fsp3) is 0.226. The summed E-state index contributed by atoms with van der Waals surface area (Å²) in [4.78, 5) is 22.5. The van der Waals surface area contributed by atoms with E-state index >= 15 is 0 Å². The molecule has 1 saturated heterocycles. The first-order valence-electron chi connectivity index (χ1n) is 12.3. The van der Waals surface area contributed by atoms with Crippen molar-refractivity contribution in [1.82, 2.24) is 4.90 Å². The van der Waals surface area contributed by atoms with Crippen LogP contribution in [-0.4, -0.2) is 35.1 Å². The molecule has 0 aliphatic carbocycles. The molecule has 4 aromatic carbocycles. The fourth-order valence-corrected chi connectivity index (χ4v) is 5.72. The number of carbonyl (C=O) groups excluding carboxylic acids is 1. The number of hydrogen-bond donors (Lipinski definition) is 0. The molecule has 1 fully saturated rings. The van der Waals surface area contributed by atoms with Crippen LogP contribution >= 0.6 is 0 Å². The number of ketones is 1. The monoisotopic (exact) mass is 460 g/mol. The fourth-order valence-electron chi connectivity index (χ4n) is 5.72. The van der Waals surface area contributed by atoms with Gasteiger partial charge in [-0.15, -0.1) is 0 Å². The van der Waals surface area contributed by atoms with Crippen LogP contribution in [0.1, 0.15) is 42.0 Å². The maximum absolute atomic E-state index is 13.8. The highest BCUT2D eigenvalue weighted by molar-refractivity contribution is 6.12. The van der Waals surface area contributed by atoms with Gasteiger partial charge in [0.05, 0.1) is 11.6 Å². The van der Waals surface area contributed by atoms with E-state index in [2.05, 4.69) is 89.8 Å². The minimum atomic E-state index is -1.06. The molecule has 4 nitrogen and oxygen atoms in total. The maximum atomic E-state index is 13.8. The van der Waals surface area contributed by atoms with Crippen LogP contribution in [0.4, 0.5) is 0 Å². The van der Waals surface area contributed by atoms with Crippen molar-refractivity contribution in [3.05, 3.63) is 120 Å². The summed E-state index contributed by atoms with van der Waals surface area (Å²) in [6, 6.07) is 35.4. The highest BCUT2D eigenvalue weighted by atomic mass is 16.7. The number of carbonyl (C=O) groups is 1. The predicted molar refractivity (Wildman–Crippen MR) is 140 cm³/mol. The van der Waals surface area contributed by atoms with E-state index in [4.69, 9.17) is 4.84 Å². The van der Waals surface area contributed by atoms with E-state index in [0.717, 1.165) is 27.6 Å². The van der Waals surface area contributed by atoms with Gasteiger partial charge in [0.2, 0.25) is 5.60 Å². The van der Waals surface area contributed by atoms with Crippen molar-refractivity contribution in [3.8, 4) is 0 Å². The quantitative estimate of drug-likeness (QED) is 0.368. The lowest BCUT2D eigenvalue weighted by molar-refractivity contribution is -0.153. The van der Waals surface area contributed by atoms with Gasteiger partial charge in [-0.3, -0.25) is 9.69 Å². The summed E-state index contributed by atoms with van der Waals surface area (Å²) in [7, 11) is 0. The third-order valence-electron chi connectivity index (χ3n) is 7.62. The van der Waals surface area contributed by atoms with E-state index in [1.54, 1.807) is 0 Å². The molecule has 0 amide bonds. The molecule has 0 radical (unpaired) electrons. The van der Waals surface area contributed by atoms with Crippen LogP contribution in [-0.2, 0) is 9.63 Å². The van der Waals surface area contributed by atoms with Crippen molar-refractivity contribution in [2.75, 3.05) is 13.1 Å². The van der Waals surface area contributed by atoms with Gasteiger partial charge in [0, 0.05) is 31.1 Å². The van der Waals surface area contributed by atoms with Gasteiger partial charge in [0.1, 0.15) is 0 Å². The van der Waals surface area contributed by atoms with Crippen molar-refractivity contribution in [1.29, 1.82) is 0 Å². The van der Waals surface area contributed by atoms with Crippen LogP contribution in [0.3, 0.4) is 0 Å². The van der Waals surface area contributed by atoms with Gasteiger partial charge in [-0.25, -0.2) is 0 Å². The normalized spacial score (nSPS) is 23.3. The summed E-state index contributed by atoms with van der Waals surface area (Å²) >= 11 is 0. The van der Waals surface area contributed by atoms with Gasteiger partial charge in [-0.1, -0.05) is 108 Å². The van der Waals surface area contributed by atoms with Crippen LogP contribution in [0.2, 0.25) is 0 Å². The average Bonchev–Trinajstić information content (AvgIpc) is 3.30. The number of likely N-dealkylation sites (tertiary alicyclic amines) is 1. The number of hydrogen-bond acceptors (Lipinski definition) is 4. The molecule has 0 bridgehead atoms. The zero-order valence-electron chi connectivity index (χ0n) is 19.8. The second-order valence-electron chi connectivity index (χ2n) is 9.56. The summed E-state index contributed by atoms with van der Waals surface area (Å²) in [6.07, 6.45) is 0.441. The Hall–Kier alpha value is -3.76. The van der Waals surface area contributed by atoms with Gasteiger partial charge in [0.15, 0.2) is 5.78 Å². The molecular weight excluding hydrogens is 432 g/mol. The first kappa shape index (κ1) is 21.8. The number of piperidine rings is 1. The molecule has 35 heavy (non-hydrogen) atoms. The van der Waals surface area contributed by atoms with Gasteiger partial charge in [-0.2, -0.15) is 0 Å². The number of Topliss-reactive ketones (excluding diaryl/α,β-unsaturated/α-hetero) is 1. The largest absolute Gasteiger partial charge is 0.378 e. The molecule has 2 aliphatic rings. The van der Waals surface area contributed by atoms with Crippen LogP contribution in [0.5, 0.6) is 0 Å². The topological polar surface area (TPSA) is 41.9 Å². The summed E-state index contributed by atoms with van der Waals surface area (Å²) in [5.74, 6) is -0.170. The maximum Gasteiger partial charge on any atom is 0.220 e. The minimum Gasteiger partial charge on any atom is -0.378 e. The average molecular weight is 461 g/mol. The van der Waals surface area contributed by atoms with Crippen molar-refractivity contribution >= 4 is 22.3 Å². The molecule has 0 aromatic heterocycles. The van der Waals surface area contributed by atoms with Gasteiger partial charge < -0.3 is 4.84 Å². The molecule has 0 N–H and O–H groups in total. The van der Waals surface area contributed by atoms with Crippen molar-refractivity contribution in [2.24, 2.45) is 5.16 Å². The summed E-state index contributed by atoms with van der Waals surface area (Å²) in [6.45, 7) is 3.41. The second-order valence-corrected chi connectivity index (χ2v) is 9.56. The van der Waals surface area contributed by atoms with Crippen molar-refractivity contribution < 1.29 is 9.63 Å². The second kappa shape index (κ2) is 8.79. The Morgan fingerprint density at radius 2 is 1.57 bits per heavy atom. The Morgan fingerprint density at radius 1 is 0.886 bits per heavy atom. The molecule has 4 aromatic rings. The van der Waals surface area contributed by atoms with Crippen LogP contribution < -0.4 is 0 Å². The summed E-state index contributed by atoms with van der Waals surface area (Å²) in [5.41, 5.74) is 3.08.